The summed E-state index contributed by atoms with van der Waals surface area (Å²) in [6.07, 6.45) is 2.85. The number of nitrogens with one attached hydrogen (secondary N) is 1. The lowest BCUT2D eigenvalue weighted by Crippen LogP contribution is -2.46. The third-order valence-corrected chi connectivity index (χ3v) is 6.79. The molecule has 2 heterocycles. The summed E-state index contributed by atoms with van der Waals surface area (Å²) in [7, 11) is 3.39. The maximum absolute atomic E-state index is 13.4. The molecule has 2 amide bonds. The van der Waals surface area contributed by atoms with Gasteiger partial charge in [-0.1, -0.05) is 6.92 Å². The molecular formula is C28H33FN4O5. The average molecular weight is 525 g/mol. The zero-order valence-corrected chi connectivity index (χ0v) is 22.0. The minimum atomic E-state index is -0.422. The van der Waals surface area contributed by atoms with Gasteiger partial charge in [-0.25, -0.2) is 9.37 Å². The number of methoxy groups -OCH3 is 1. The highest BCUT2D eigenvalue weighted by atomic mass is 19.1. The maximum Gasteiger partial charge on any atom is 0.257 e. The fraction of sp³-hybridized carbons (Fsp3) is 0.393. The van der Waals surface area contributed by atoms with Crippen molar-refractivity contribution in [2.24, 2.45) is 5.92 Å². The van der Waals surface area contributed by atoms with Gasteiger partial charge in [0.15, 0.2) is 6.39 Å². The second-order valence-electron chi connectivity index (χ2n) is 9.68. The van der Waals surface area contributed by atoms with Crippen molar-refractivity contribution in [1.29, 1.82) is 0 Å². The molecule has 0 unspecified atom stereocenters. The summed E-state index contributed by atoms with van der Waals surface area (Å²) in [5.74, 6) is -0.555. The number of hydrogen-bond donors (Lipinski definition) is 1. The topological polar surface area (TPSA) is 97.1 Å². The van der Waals surface area contributed by atoms with Crippen molar-refractivity contribution >= 4 is 17.5 Å². The van der Waals surface area contributed by atoms with Crippen LogP contribution in [0, 0.1) is 11.7 Å². The lowest BCUT2D eigenvalue weighted by molar-refractivity contribution is 0.00900. The number of carbonyl (C=O) groups is 2. The molecule has 0 saturated carbocycles. The largest absolute Gasteiger partial charge is 0.491 e. The van der Waals surface area contributed by atoms with Crippen molar-refractivity contribution < 1.29 is 27.9 Å². The summed E-state index contributed by atoms with van der Waals surface area (Å²) in [6.45, 7) is 6.10. The van der Waals surface area contributed by atoms with E-state index >= 15 is 0 Å². The number of nitrogens with zero attached hydrogens (tertiary/aromatic N) is 3. The molecule has 1 aliphatic heterocycles. The van der Waals surface area contributed by atoms with Crippen LogP contribution in [0.25, 0.3) is 0 Å². The number of ether oxygens (including phenoxy) is 2. The van der Waals surface area contributed by atoms with Crippen LogP contribution < -0.4 is 10.1 Å². The van der Waals surface area contributed by atoms with Crippen LogP contribution in [-0.4, -0.2) is 72.6 Å². The molecule has 9 nitrogen and oxygen atoms in total. The van der Waals surface area contributed by atoms with Crippen molar-refractivity contribution in [1.82, 2.24) is 14.8 Å². The Morgan fingerprint density at radius 1 is 1.18 bits per heavy atom. The Kier molecular flexibility index (Phi) is 8.75. The first-order chi connectivity index (χ1) is 18.2. The van der Waals surface area contributed by atoms with Crippen LogP contribution in [0.1, 0.15) is 40.3 Å². The lowest BCUT2D eigenvalue weighted by Gasteiger charge is -2.35. The monoisotopic (exact) mass is 524 g/mol. The highest BCUT2D eigenvalue weighted by molar-refractivity contribution is 6.05. The molecule has 10 heteroatoms. The van der Waals surface area contributed by atoms with Gasteiger partial charge in [-0.2, -0.15) is 0 Å². The summed E-state index contributed by atoms with van der Waals surface area (Å²) < 4.78 is 30.4. The van der Waals surface area contributed by atoms with Gasteiger partial charge in [-0.15, -0.1) is 0 Å². The van der Waals surface area contributed by atoms with E-state index in [2.05, 4.69) is 22.1 Å². The Balaban J connectivity index is 1.62. The van der Waals surface area contributed by atoms with Crippen LogP contribution in [0.15, 0.2) is 59.5 Å². The number of anilines is 1. The van der Waals surface area contributed by atoms with Gasteiger partial charge in [0.25, 0.3) is 11.8 Å². The van der Waals surface area contributed by atoms with Crippen molar-refractivity contribution in [2.75, 3.05) is 39.2 Å². The Bertz CT molecular complexity index is 1230. The molecule has 1 N–H and O–H groups in total. The first-order valence-corrected chi connectivity index (χ1v) is 12.5. The average Bonchev–Trinajstić information content (AvgIpc) is 3.42. The molecule has 2 aromatic carbocycles. The van der Waals surface area contributed by atoms with Gasteiger partial charge in [-0.05, 0) is 49.2 Å². The molecule has 0 bridgehead atoms. The van der Waals surface area contributed by atoms with Crippen LogP contribution in [0.4, 0.5) is 10.1 Å². The first-order valence-electron chi connectivity index (χ1n) is 12.5. The van der Waals surface area contributed by atoms with Crippen molar-refractivity contribution in [2.45, 2.75) is 32.5 Å². The molecule has 3 atom stereocenters. The van der Waals surface area contributed by atoms with E-state index < -0.39 is 11.7 Å². The number of oxazole rings is 1. The molecule has 38 heavy (non-hydrogen) atoms. The minimum Gasteiger partial charge on any atom is -0.491 e. The smallest absolute Gasteiger partial charge is 0.257 e. The number of halogens is 1. The normalized spacial score (nSPS) is 21.1. The van der Waals surface area contributed by atoms with Gasteiger partial charge < -0.3 is 24.1 Å². The van der Waals surface area contributed by atoms with Gasteiger partial charge in [0.05, 0.1) is 17.4 Å². The maximum atomic E-state index is 13.4. The second-order valence-corrected chi connectivity index (χ2v) is 9.68. The summed E-state index contributed by atoms with van der Waals surface area (Å²) >= 11 is 0. The summed E-state index contributed by atoms with van der Waals surface area (Å²) in [5, 5.41) is 2.80. The van der Waals surface area contributed by atoms with E-state index in [9.17, 15) is 14.0 Å². The van der Waals surface area contributed by atoms with Crippen LogP contribution in [0.5, 0.6) is 5.75 Å². The predicted molar refractivity (Wildman–Crippen MR) is 140 cm³/mol. The molecular weight excluding hydrogens is 491 g/mol. The Labute approximate surface area is 221 Å². The number of hydrogen-bond acceptors (Lipinski definition) is 7. The zero-order valence-electron chi connectivity index (χ0n) is 22.0. The van der Waals surface area contributed by atoms with E-state index in [1.165, 1.54) is 30.7 Å². The van der Waals surface area contributed by atoms with E-state index in [1.54, 1.807) is 43.5 Å². The molecule has 0 saturated heterocycles. The number of benzene rings is 2. The Morgan fingerprint density at radius 2 is 1.95 bits per heavy atom. The van der Waals surface area contributed by atoms with E-state index in [1.807, 2.05) is 6.92 Å². The van der Waals surface area contributed by atoms with E-state index in [4.69, 9.17) is 13.9 Å². The van der Waals surface area contributed by atoms with E-state index in [0.717, 1.165) is 5.69 Å². The fourth-order valence-corrected chi connectivity index (χ4v) is 4.47. The van der Waals surface area contributed by atoms with E-state index in [0.29, 0.717) is 48.8 Å². The summed E-state index contributed by atoms with van der Waals surface area (Å²) in [4.78, 5) is 34.2. The third kappa shape index (κ3) is 6.56. The van der Waals surface area contributed by atoms with Crippen LogP contribution >= 0.6 is 0 Å². The zero-order chi connectivity index (χ0) is 27.2. The van der Waals surface area contributed by atoms with E-state index in [-0.39, 0.29) is 24.0 Å². The summed E-state index contributed by atoms with van der Waals surface area (Å²) in [6, 6.07) is 10.2. The number of likely N-dealkylation sites (N-methyl/N-ethyl adjacent to an activating group) is 1. The number of amides is 2. The SMILES string of the molecule is CO[C@@H]1CN(C)C(=O)c2ccc(NC(=O)c3ccc(F)cc3)cc2OC[C@@H](C)N(Cc2cocn2)C[C@H]1C. The lowest BCUT2D eigenvalue weighted by atomic mass is 10.0. The standard InChI is InChI=1S/C28H33FN4O5/c1-18-12-33(13-23-16-37-17-30-23)19(2)15-38-25-11-22(31-27(34)20-5-7-21(29)8-6-20)9-10-24(25)28(35)32(3)14-26(18)36-4/h5-11,16-19,26H,12-15H2,1-4H3,(H,31,34)/t18-,19-,26-/m1/s1. The highest BCUT2D eigenvalue weighted by Gasteiger charge is 2.29. The number of aromatic nitrogens is 1. The fourth-order valence-electron chi connectivity index (χ4n) is 4.47. The number of fused-ring (bicyclic) bond motifs is 1. The van der Waals surface area contributed by atoms with Gasteiger partial charge in [0, 0.05) is 57.2 Å². The molecule has 202 valence electrons. The van der Waals surface area contributed by atoms with Crippen molar-refractivity contribution in [3.05, 3.63) is 77.8 Å². The molecule has 0 aliphatic carbocycles. The molecule has 0 fully saturated rings. The van der Waals surface area contributed by atoms with Gasteiger partial charge in [0.2, 0.25) is 0 Å². The van der Waals surface area contributed by atoms with Gasteiger partial charge >= 0.3 is 0 Å². The van der Waals surface area contributed by atoms with Crippen molar-refractivity contribution in [3.8, 4) is 5.75 Å². The number of carbonyl (C=O) groups excluding carboxylic acids is 2. The molecule has 1 aliphatic rings. The third-order valence-electron chi connectivity index (χ3n) is 6.79. The quantitative estimate of drug-likeness (QED) is 0.537. The molecule has 1 aromatic heterocycles. The van der Waals surface area contributed by atoms with Crippen LogP contribution in [-0.2, 0) is 11.3 Å². The molecule has 3 aromatic rings. The predicted octanol–water partition coefficient (Wildman–Crippen LogP) is 4.07. The first kappa shape index (κ1) is 27.3. The highest BCUT2D eigenvalue weighted by Crippen LogP contribution is 2.27. The van der Waals surface area contributed by atoms with Crippen LogP contribution in [0.3, 0.4) is 0 Å². The molecule has 0 radical (unpaired) electrons. The molecule has 4 rings (SSSR count). The van der Waals surface area contributed by atoms with Crippen molar-refractivity contribution in [3.63, 3.8) is 0 Å². The Morgan fingerprint density at radius 3 is 2.63 bits per heavy atom. The molecule has 0 spiro atoms. The Hall–Kier alpha value is -3.76. The van der Waals surface area contributed by atoms with Crippen LogP contribution in [0.2, 0.25) is 0 Å². The van der Waals surface area contributed by atoms with Gasteiger partial charge in [-0.3, -0.25) is 14.5 Å². The summed E-state index contributed by atoms with van der Waals surface area (Å²) in [5.41, 5.74) is 1.96. The number of rotatable bonds is 5. The second kappa shape index (κ2) is 12.2. The van der Waals surface area contributed by atoms with Gasteiger partial charge in [0.1, 0.15) is 24.4 Å². The minimum absolute atomic E-state index is 0.0378.